The third kappa shape index (κ3) is 4.79. The molecule has 1 aromatic carbocycles. The van der Waals surface area contributed by atoms with E-state index in [1.54, 1.807) is 0 Å². The molecule has 8 heteroatoms. The lowest BCUT2D eigenvalue weighted by Gasteiger charge is -2.16. The van der Waals surface area contributed by atoms with Gasteiger partial charge in [-0.2, -0.15) is 0 Å². The Kier molecular flexibility index (Phi) is 5.06. The maximum absolute atomic E-state index is 12.2. The van der Waals surface area contributed by atoms with E-state index in [1.165, 1.54) is 29.5 Å². The third-order valence-electron chi connectivity index (χ3n) is 2.63. The Morgan fingerprint density at radius 1 is 1.33 bits per heavy atom. The van der Waals surface area contributed by atoms with Crippen LogP contribution >= 0.6 is 38.9 Å². The summed E-state index contributed by atoms with van der Waals surface area (Å²) in [6.07, 6.45) is -4.71. The lowest BCUT2D eigenvalue weighted by atomic mass is 10.1. The molecule has 0 spiro atoms. The van der Waals surface area contributed by atoms with Gasteiger partial charge in [0, 0.05) is 11.7 Å². The first kappa shape index (κ1) is 16.5. The van der Waals surface area contributed by atoms with Crippen molar-refractivity contribution < 1.29 is 17.9 Å². The van der Waals surface area contributed by atoms with Crippen LogP contribution in [0.25, 0.3) is 0 Å². The van der Waals surface area contributed by atoms with Crippen LogP contribution in [0.1, 0.15) is 18.5 Å². The molecule has 114 valence electrons. The smallest absolute Gasteiger partial charge is 0.405 e. The van der Waals surface area contributed by atoms with Crippen molar-refractivity contribution in [3.63, 3.8) is 0 Å². The number of alkyl halides is 3. The van der Waals surface area contributed by atoms with E-state index in [4.69, 9.17) is 11.6 Å². The molecular formula is C13H10BrClF3NOS. The SMILES string of the molecule is CC(Nc1ccc(OC(F)(F)F)c(Br)c1)c1csc(Cl)c1. The Labute approximate surface area is 137 Å². The standard InChI is InChI=1S/C13H10BrClF3NOS/c1-7(8-4-12(15)21-6-8)19-9-2-3-11(10(14)5-9)20-13(16,17)18/h2-7,19H,1H3. The van der Waals surface area contributed by atoms with Gasteiger partial charge in [-0.1, -0.05) is 11.6 Å². The van der Waals surface area contributed by atoms with Crippen molar-refractivity contribution in [3.05, 3.63) is 44.0 Å². The molecule has 0 fully saturated rings. The number of benzene rings is 1. The highest BCUT2D eigenvalue weighted by molar-refractivity contribution is 9.10. The highest BCUT2D eigenvalue weighted by Crippen LogP contribution is 2.34. The molecule has 2 aromatic rings. The van der Waals surface area contributed by atoms with Crippen molar-refractivity contribution in [3.8, 4) is 5.75 Å². The van der Waals surface area contributed by atoms with Gasteiger partial charge >= 0.3 is 6.36 Å². The van der Waals surface area contributed by atoms with Gasteiger partial charge in [0.2, 0.25) is 0 Å². The minimum absolute atomic E-state index is 0.0185. The first-order chi connectivity index (χ1) is 9.74. The second-order valence-corrected chi connectivity index (χ2v) is 6.64. The van der Waals surface area contributed by atoms with Gasteiger partial charge < -0.3 is 10.1 Å². The van der Waals surface area contributed by atoms with Crippen LogP contribution in [0.3, 0.4) is 0 Å². The van der Waals surface area contributed by atoms with Crippen molar-refractivity contribution >= 4 is 44.6 Å². The van der Waals surface area contributed by atoms with E-state index in [9.17, 15) is 13.2 Å². The van der Waals surface area contributed by atoms with Gasteiger partial charge in [0.1, 0.15) is 5.75 Å². The lowest BCUT2D eigenvalue weighted by molar-refractivity contribution is -0.274. The Bertz CT molecular complexity index is 632. The van der Waals surface area contributed by atoms with Gasteiger partial charge in [0.05, 0.1) is 8.81 Å². The number of halogens is 5. The molecule has 1 N–H and O–H groups in total. The molecule has 0 saturated heterocycles. The highest BCUT2D eigenvalue weighted by Gasteiger charge is 2.31. The monoisotopic (exact) mass is 399 g/mol. The van der Waals surface area contributed by atoms with Crippen LogP contribution in [-0.4, -0.2) is 6.36 Å². The molecule has 0 aliphatic rings. The Hall–Kier alpha value is -0.920. The normalized spacial score (nSPS) is 13.0. The van der Waals surface area contributed by atoms with Crippen molar-refractivity contribution in [2.75, 3.05) is 5.32 Å². The van der Waals surface area contributed by atoms with E-state index in [0.29, 0.717) is 10.0 Å². The summed E-state index contributed by atoms with van der Waals surface area (Å²) in [6.45, 7) is 1.94. The number of thiophene rings is 1. The van der Waals surface area contributed by atoms with Crippen molar-refractivity contribution in [2.45, 2.75) is 19.3 Å². The van der Waals surface area contributed by atoms with Crippen LogP contribution in [0, 0.1) is 0 Å². The number of ether oxygens (including phenoxy) is 1. The fourth-order valence-corrected chi connectivity index (χ4v) is 3.13. The minimum Gasteiger partial charge on any atom is -0.405 e. The number of hydrogen-bond acceptors (Lipinski definition) is 3. The number of hydrogen-bond donors (Lipinski definition) is 1. The summed E-state index contributed by atoms with van der Waals surface area (Å²) in [7, 11) is 0. The minimum atomic E-state index is -4.71. The van der Waals surface area contributed by atoms with Gasteiger partial charge in [-0.3, -0.25) is 0 Å². The second kappa shape index (κ2) is 6.46. The first-order valence-electron chi connectivity index (χ1n) is 5.80. The molecule has 1 unspecified atom stereocenters. The van der Waals surface area contributed by atoms with Gasteiger partial charge in [-0.15, -0.1) is 24.5 Å². The predicted molar refractivity (Wildman–Crippen MR) is 82.2 cm³/mol. The van der Waals surface area contributed by atoms with E-state index < -0.39 is 6.36 Å². The molecule has 0 bridgehead atoms. The predicted octanol–water partition coefficient (Wildman–Crippen LogP) is 6.24. The van der Waals surface area contributed by atoms with Crippen LogP contribution in [0.4, 0.5) is 18.9 Å². The second-order valence-electron chi connectivity index (χ2n) is 4.24. The number of rotatable bonds is 4. The molecule has 1 atom stereocenters. The largest absolute Gasteiger partial charge is 0.573 e. The van der Waals surface area contributed by atoms with E-state index in [-0.39, 0.29) is 16.3 Å². The van der Waals surface area contributed by atoms with Crippen LogP contribution in [-0.2, 0) is 0 Å². The van der Waals surface area contributed by atoms with Crippen LogP contribution in [0.2, 0.25) is 4.34 Å². The Morgan fingerprint density at radius 3 is 2.57 bits per heavy atom. The lowest BCUT2D eigenvalue weighted by Crippen LogP contribution is -2.17. The third-order valence-corrected chi connectivity index (χ3v) is 4.36. The number of nitrogens with one attached hydrogen (secondary N) is 1. The molecule has 0 aliphatic heterocycles. The quantitative estimate of drug-likeness (QED) is 0.656. The number of anilines is 1. The summed E-state index contributed by atoms with van der Waals surface area (Å²) in [4.78, 5) is 0. The zero-order valence-electron chi connectivity index (χ0n) is 10.7. The van der Waals surface area contributed by atoms with E-state index >= 15 is 0 Å². The van der Waals surface area contributed by atoms with Crippen LogP contribution in [0.5, 0.6) is 5.75 Å². The average molecular weight is 401 g/mol. The van der Waals surface area contributed by atoms with Crippen LogP contribution < -0.4 is 10.1 Å². The topological polar surface area (TPSA) is 21.3 Å². The van der Waals surface area contributed by atoms with E-state index in [0.717, 1.165) is 5.56 Å². The van der Waals surface area contributed by atoms with Crippen molar-refractivity contribution in [1.29, 1.82) is 0 Å². The van der Waals surface area contributed by atoms with Crippen molar-refractivity contribution in [1.82, 2.24) is 0 Å². The summed E-state index contributed by atoms with van der Waals surface area (Å²) < 4.78 is 41.4. The molecule has 2 rings (SSSR count). The summed E-state index contributed by atoms with van der Waals surface area (Å²) in [5.74, 6) is -0.278. The average Bonchev–Trinajstić information content (AvgIpc) is 2.78. The molecule has 21 heavy (non-hydrogen) atoms. The van der Waals surface area contributed by atoms with Gasteiger partial charge in [-0.05, 0) is 58.1 Å². The fourth-order valence-electron chi connectivity index (χ4n) is 1.68. The maximum atomic E-state index is 12.2. The fraction of sp³-hybridized carbons (Fsp3) is 0.231. The maximum Gasteiger partial charge on any atom is 0.573 e. The highest BCUT2D eigenvalue weighted by atomic mass is 79.9. The first-order valence-corrected chi connectivity index (χ1v) is 7.85. The Balaban J connectivity index is 2.10. The molecule has 1 aromatic heterocycles. The van der Waals surface area contributed by atoms with Crippen LogP contribution in [0.15, 0.2) is 34.1 Å². The van der Waals surface area contributed by atoms with Gasteiger partial charge in [0.15, 0.2) is 0 Å². The van der Waals surface area contributed by atoms with Gasteiger partial charge in [-0.25, -0.2) is 0 Å². The zero-order valence-corrected chi connectivity index (χ0v) is 13.8. The molecule has 2 nitrogen and oxygen atoms in total. The van der Waals surface area contributed by atoms with E-state index in [2.05, 4.69) is 26.0 Å². The summed E-state index contributed by atoms with van der Waals surface area (Å²) in [6, 6.07) is 6.14. The summed E-state index contributed by atoms with van der Waals surface area (Å²) in [5, 5.41) is 5.11. The van der Waals surface area contributed by atoms with E-state index in [1.807, 2.05) is 18.4 Å². The molecule has 0 saturated carbocycles. The van der Waals surface area contributed by atoms with Crippen molar-refractivity contribution in [2.24, 2.45) is 0 Å². The molecule has 0 radical (unpaired) electrons. The Morgan fingerprint density at radius 2 is 2.05 bits per heavy atom. The molecular weight excluding hydrogens is 391 g/mol. The summed E-state index contributed by atoms with van der Waals surface area (Å²) in [5.41, 5.74) is 1.68. The molecule has 1 heterocycles. The molecule has 0 aliphatic carbocycles. The molecule has 0 amide bonds. The van der Waals surface area contributed by atoms with Gasteiger partial charge in [0.25, 0.3) is 0 Å². The summed E-state index contributed by atoms with van der Waals surface area (Å²) >= 11 is 10.4. The zero-order chi connectivity index (χ0) is 15.6.